The van der Waals surface area contributed by atoms with E-state index in [2.05, 4.69) is 5.32 Å². The van der Waals surface area contributed by atoms with Gasteiger partial charge in [-0.05, 0) is 24.1 Å². The van der Waals surface area contributed by atoms with Crippen LogP contribution < -0.4 is 11.1 Å². The van der Waals surface area contributed by atoms with Crippen molar-refractivity contribution >= 4 is 45.7 Å². The number of primary amides is 1. The molecule has 0 bridgehead atoms. The summed E-state index contributed by atoms with van der Waals surface area (Å²) in [5.74, 6) is -1.69. The molecule has 1 heterocycles. The fraction of sp³-hybridized carbons (Fsp3) is 0.188. The number of carbonyl (C=O) groups excluding carboxylic acids is 3. The predicted octanol–water partition coefficient (Wildman–Crippen LogP) is 2.78. The van der Waals surface area contributed by atoms with E-state index < -0.39 is 11.9 Å². The number of thiophene rings is 1. The minimum Gasteiger partial charge on any atom is -0.465 e. The lowest BCUT2D eigenvalue weighted by Gasteiger charge is -2.07. The summed E-state index contributed by atoms with van der Waals surface area (Å²) in [5, 5.41) is 3.33. The van der Waals surface area contributed by atoms with Crippen molar-refractivity contribution in [3.05, 3.63) is 50.9 Å². The van der Waals surface area contributed by atoms with Crippen LogP contribution in [0.4, 0.5) is 5.00 Å². The van der Waals surface area contributed by atoms with Crippen molar-refractivity contribution in [2.24, 2.45) is 5.73 Å². The van der Waals surface area contributed by atoms with Crippen LogP contribution >= 0.6 is 22.9 Å². The van der Waals surface area contributed by atoms with Gasteiger partial charge in [0.05, 0.1) is 24.0 Å². The number of anilines is 1. The standard InChI is InChI=1S/C16H15ClN2O4S/c1-8-12(16(22)23-2)15(24-13(8)14(18)21)19-11(20)7-9-5-3-4-6-10(9)17/h3-6H,7H2,1-2H3,(H2,18,21)(H,19,20). The van der Waals surface area contributed by atoms with Gasteiger partial charge in [-0.3, -0.25) is 9.59 Å². The molecule has 126 valence electrons. The zero-order valence-corrected chi connectivity index (χ0v) is 14.6. The maximum absolute atomic E-state index is 12.3. The molecule has 2 amide bonds. The first-order valence-corrected chi connectivity index (χ1v) is 8.09. The molecule has 2 rings (SSSR count). The van der Waals surface area contributed by atoms with E-state index >= 15 is 0 Å². The van der Waals surface area contributed by atoms with Crippen molar-refractivity contribution < 1.29 is 19.1 Å². The summed E-state index contributed by atoms with van der Waals surface area (Å²) in [4.78, 5) is 35.9. The lowest BCUT2D eigenvalue weighted by Crippen LogP contribution is -2.16. The van der Waals surface area contributed by atoms with Crippen LogP contribution in [0.25, 0.3) is 0 Å². The Bertz CT molecular complexity index is 816. The molecule has 6 nitrogen and oxygen atoms in total. The number of esters is 1. The third-order valence-corrected chi connectivity index (χ3v) is 4.91. The van der Waals surface area contributed by atoms with Crippen LogP contribution in [0.1, 0.15) is 31.2 Å². The summed E-state index contributed by atoms with van der Waals surface area (Å²) >= 11 is 6.97. The Hall–Kier alpha value is -2.38. The van der Waals surface area contributed by atoms with Crippen LogP contribution in [0.3, 0.4) is 0 Å². The molecule has 2 aromatic rings. The van der Waals surface area contributed by atoms with Crippen molar-refractivity contribution in [3.8, 4) is 0 Å². The largest absolute Gasteiger partial charge is 0.465 e. The highest BCUT2D eigenvalue weighted by atomic mass is 35.5. The van der Waals surface area contributed by atoms with E-state index in [-0.39, 0.29) is 27.8 Å². The highest BCUT2D eigenvalue weighted by Crippen LogP contribution is 2.33. The SMILES string of the molecule is COC(=O)c1c(NC(=O)Cc2ccccc2Cl)sc(C(N)=O)c1C. The maximum atomic E-state index is 12.3. The predicted molar refractivity (Wildman–Crippen MR) is 92.7 cm³/mol. The number of nitrogens with two attached hydrogens (primary N) is 1. The van der Waals surface area contributed by atoms with E-state index in [1.165, 1.54) is 7.11 Å². The number of halogens is 1. The number of benzene rings is 1. The van der Waals surface area contributed by atoms with Gasteiger partial charge in [0.15, 0.2) is 0 Å². The minimum atomic E-state index is -0.672. The molecule has 0 spiro atoms. The Labute approximate surface area is 147 Å². The molecule has 0 aliphatic heterocycles. The number of hydrogen-bond donors (Lipinski definition) is 2. The molecule has 0 aliphatic rings. The number of hydrogen-bond acceptors (Lipinski definition) is 5. The molecule has 3 N–H and O–H groups in total. The Morgan fingerprint density at radius 3 is 2.54 bits per heavy atom. The highest BCUT2D eigenvalue weighted by molar-refractivity contribution is 7.18. The average Bonchev–Trinajstić information content (AvgIpc) is 2.85. The van der Waals surface area contributed by atoms with E-state index in [9.17, 15) is 14.4 Å². The van der Waals surface area contributed by atoms with Gasteiger partial charge in [-0.1, -0.05) is 29.8 Å². The van der Waals surface area contributed by atoms with Crippen molar-refractivity contribution in [1.29, 1.82) is 0 Å². The maximum Gasteiger partial charge on any atom is 0.341 e. The third kappa shape index (κ3) is 3.74. The second-order valence-corrected chi connectivity index (χ2v) is 6.36. The smallest absolute Gasteiger partial charge is 0.341 e. The Morgan fingerprint density at radius 1 is 1.29 bits per heavy atom. The molecule has 0 aliphatic carbocycles. The molecule has 0 unspecified atom stereocenters. The first-order valence-electron chi connectivity index (χ1n) is 6.90. The molecule has 0 fully saturated rings. The van der Waals surface area contributed by atoms with Crippen LogP contribution in [0, 0.1) is 6.92 Å². The first kappa shape index (κ1) is 18.0. The van der Waals surface area contributed by atoms with Crippen LogP contribution in [0.15, 0.2) is 24.3 Å². The molecule has 0 saturated carbocycles. The Balaban J connectivity index is 2.30. The number of carbonyl (C=O) groups is 3. The van der Waals surface area contributed by atoms with Crippen LogP contribution in [0.2, 0.25) is 5.02 Å². The Kier molecular flexibility index (Phi) is 5.58. The van der Waals surface area contributed by atoms with Gasteiger partial charge in [-0.15, -0.1) is 11.3 Å². The van der Waals surface area contributed by atoms with Gasteiger partial charge < -0.3 is 15.8 Å². The van der Waals surface area contributed by atoms with E-state index in [4.69, 9.17) is 22.1 Å². The molecule has 1 aromatic carbocycles. The summed E-state index contributed by atoms with van der Waals surface area (Å²) in [6.45, 7) is 1.58. The monoisotopic (exact) mass is 366 g/mol. The zero-order valence-electron chi connectivity index (χ0n) is 13.0. The Morgan fingerprint density at radius 2 is 1.96 bits per heavy atom. The summed E-state index contributed by atoms with van der Waals surface area (Å²) in [5.41, 5.74) is 6.46. The van der Waals surface area contributed by atoms with E-state index in [1.54, 1.807) is 31.2 Å². The lowest BCUT2D eigenvalue weighted by molar-refractivity contribution is -0.115. The van der Waals surface area contributed by atoms with Crippen LogP contribution in [-0.4, -0.2) is 24.9 Å². The summed E-state index contributed by atoms with van der Waals surface area (Å²) < 4.78 is 4.71. The average molecular weight is 367 g/mol. The van der Waals surface area contributed by atoms with Gasteiger partial charge in [-0.2, -0.15) is 0 Å². The van der Waals surface area contributed by atoms with Crippen molar-refractivity contribution in [2.45, 2.75) is 13.3 Å². The second kappa shape index (κ2) is 7.46. The molecular weight excluding hydrogens is 352 g/mol. The summed E-state index contributed by atoms with van der Waals surface area (Å²) in [6, 6.07) is 6.96. The zero-order chi connectivity index (χ0) is 17.9. The summed E-state index contributed by atoms with van der Waals surface area (Å²) in [6.07, 6.45) is 0.0309. The number of amides is 2. The van der Waals surface area contributed by atoms with Gasteiger partial charge in [0.1, 0.15) is 5.00 Å². The number of ether oxygens (including phenoxy) is 1. The molecule has 0 atom stereocenters. The highest BCUT2D eigenvalue weighted by Gasteiger charge is 2.25. The van der Waals surface area contributed by atoms with Crippen molar-refractivity contribution in [1.82, 2.24) is 0 Å². The molecule has 1 aromatic heterocycles. The number of nitrogens with one attached hydrogen (secondary N) is 1. The number of methoxy groups -OCH3 is 1. The lowest BCUT2D eigenvalue weighted by atomic mass is 10.1. The normalized spacial score (nSPS) is 10.3. The first-order chi connectivity index (χ1) is 11.3. The fourth-order valence-electron chi connectivity index (χ4n) is 2.17. The quantitative estimate of drug-likeness (QED) is 0.795. The van der Waals surface area contributed by atoms with Gasteiger partial charge >= 0.3 is 5.97 Å². The topological polar surface area (TPSA) is 98.5 Å². The molecule has 0 saturated heterocycles. The molecular formula is C16H15ClN2O4S. The molecule has 24 heavy (non-hydrogen) atoms. The van der Waals surface area contributed by atoms with Crippen LogP contribution in [0.5, 0.6) is 0 Å². The molecule has 8 heteroatoms. The van der Waals surface area contributed by atoms with Gasteiger partial charge in [0, 0.05) is 5.02 Å². The van der Waals surface area contributed by atoms with Crippen LogP contribution in [-0.2, 0) is 16.0 Å². The number of rotatable bonds is 5. The third-order valence-electron chi connectivity index (χ3n) is 3.32. The van der Waals surface area contributed by atoms with Gasteiger partial charge in [0.25, 0.3) is 5.91 Å². The van der Waals surface area contributed by atoms with E-state index in [1.807, 2.05) is 0 Å². The molecule has 0 radical (unpaired) electrons. The van der Waals surface area contributed by atoms with Gasteiger partial charge in [0.2, 0.25) is 5.91 Å². The van der Waals surface area contributed by atoms with Crippen molar-refractivity contribution in [2.75, 3.05) is 12.4 Å². The summed E-state index contributed by atoms with van der Waals surface area (Å²) in [7, 11) is 1.22. The van der Waals surface area contributed by atoms with Gasteiger partial charge in [-0.25, -0.2) is 4.79 Å². The second-order valence-electron chi connectivity index (χ2n) is 4.93. The van der Waals surface area contributed by atoms with E-state index in [0.29, 0.717) is 16.1 Å². The van der Waals surface area contributed by atoms with E-state index in [0.717, 1.165) is 11.3 Å². The van der Waals surface area contributed by atoms with Crippen molar-refractivity contribution in [3.63, 3.8) is 0 Å². The fourth-order valence-corrected chi connectivity index (χ4v) is 3.44. The minimum absolute atomic E-state index is 0.0309.